The number of carbonyl (C=O) groups excluding carboxylic acids is 2. The van der Waals surface area contributed by atoms with E-state index in [1.807, 2.05) is 0 Å². The van der Waals surface area contributed by atoms with Crippen LogP contribution in [-0.2, 0) is 22.7 Å². The SMILES string of the molecule is CC(=O)Nc1nc(COC(=O)c2ccc(COc3ccc(F)cc3)o2)cs1. The third kappa shape index (κ3) is 5.38. The minimum absolute atomic E-state index is 0.0324. The number of nitrogens with zero attached hydrogens (tertiary/aromatic N) is 1. The van der Waals surface area contributed by atoms with Gasteiger partial charge in [0.2, 0.25) is 11.7 Å². The number of ether oxygens (including phenoxy) is 2. The summed E-state index contributed by atoms with van der Waals surface area (Å²) < 4.78 is 28.8. The fraction of sp³-hybridized carbons (Fsp3) is 0.167. The van der Waals surface area contributed by atoms with Gasteiger partial charge in [0.1, 0.15) is 30.5 Å². The highest BCUT2D eigenvalue weighted by Gasteiger charge is 2.14. The first-order chi connectivity index (χ1) is 13.0. The van der Waals surface area contributed by atoms with E-state index in [2.05, 4.69) is 10.3 Å². The second kappa shape index (κ2) is 8.45. The van der Waals surface area contributed by atoms with E-state index in [0.717, 1.165) is 0 Å². The second-order valence-corrected chi connectivity index (χ2v) is 6.27. The van der Waals surface area contributed by atoms with Gasteiger partial charge in [0.05, 0.1) is 5.69 Å². The molecule has 0 aliphatic rings. The number of anilines is 1. The third-order valence-electron chi connectivity index (χ3n) is 3.24. The van der Waals surface area contributed by atoms with E-state index in [9.17, 15) is 14.0 Å². The molecular formula is C18H15FN2O5S. The van der Waals surface area contributed by atoms with E-state index < -0.39 is 5.97 Å². The molecule has 9 heteroatoms. The number of rotatable bonds is 7. The number of thiazole rings is 1. The van der Waals surface area contributed by atoms with Gasteiger partial charge in [-0.15, -0.1) is 11.3 Å². The van der Waals surface area contributed by atoms with Gasteiger partial charge in [0.25, 0.3) is 0 Å². The fourth-order valence-electron chi connectivity index (χ4n) is 2.04. The van der Waals surface area contributed by atoms with Crippen molar-refractivity contribution in [2.24, 2.45) is 0 Å². The van der Waals surface area contributed by atoms with Crippen molar-refractivity contribution < 1.29 is 27.9 Å². The molecule has 0 saturated heterocycles. The Labute approximate surface area is 157 Å². The molecule has 0 fully saturated rings. The monoisotopic (exact) mass is 390 g/mol. The van der Waals surface area contributed by atoms with Crippen LogP contribution in [0.3, 0.4) is 0 Å². The zero-order chi connectivity index (χ0) is 19.2. The number of hydrogen-bond acceptors (Lipinski definition) is 7. The predicted molar refractivity (Wildman–Crippen MR) is 95.0 cm³/mol. The molecular weight excluding hydrogens is 375 g/mol. The average molecular weight is 390 g/mol. The van der Waals surface area contributed by atoms with Crippen LogP contribution in [0, 0.1) is 5.82 Å². The maximum Gasteiger partial charge on any atom is 0.374 e. The number of benzene rings is 1. The van der Waals surface area contributed by atoms with E-state index in [-0.39, 0.29) is 30.7 Å². The van der Waals surface area contributed by atoms with Crippen LogP contribution in [0.1, 0.15) is 28.9 Å². The van der Waals surface area contributed by atoms with Gasteiger partial charge in [-0.2, -0.15) is 0 Å². The van der Waals surface area contributed by atoms with Gasteiger partial charge in [0.15, 0.2) is 5.13 Å². The van der Waals surface area contributed by atoms with Crippen LogP contribution in [-0.4, -0.2) is 16.9 Å². The lowest BCUT2D eigenvalue weighted by Gasteiger charge is -2.03. The topological polar surface area (TPSA) is 90.7 Å². The van der Waals surface area contributed by atoms with E-state index >= 15 is 0 Å². The molecule has 3 rings (SSSR count). The zero-order valence-electron chi connectivity index (χ0n) is 14.2. The Kier molecular flexibility index (Phi) is 5.82. The summed E-state index contributed by atoms with van der Waals surface area (Å²) in [4.78, 5) is 27.1. The van der Waals surface area contributed by atoms with Gasteiger partial charge in [-0.25, -0.2) is 14.2 Å². The quantitative estimate of drug-likeness (QED) is 0.618. The summed E-state index contributed by atoms with van der Waals surface area (Å²) in [6.45, 7) is 1.43. The van der Waals surface area contributed by atoms with Crippen molar-refractivity contribution in [1.82, 2.24) is 4.98 Å². The second-order valence-electron chi connectivity index (χ2n) is 5.41. The molecule has 0 aliphatic carbocycles. The number of amides is 1. The molecule has 1 aromatic carbocycles. The molecule has 0 radical (unpaired) electrons. The van der Waals surface area contributed by atoms with Crippen LogP contribution in [0.2, 0.25) is 0 Å². The molecule has 7 nitrogen and oxygen atoms in total. The standard InChI is InChI=1S/C18H15FN2O5S/c1-11(22)20-18-21-13(10-27-18)8-25-17(23)16-7-6-15(26-16)9-24-14-4-2-12(19)3-5-14/h2-7,10H,8-9H2,1H3,(H,20,21,22). The molecule has 0 aliphatic heterocycles. The molecule has 1 N–H and O–H groups in total. The van der Waals surface area contributed by atoms with Crippen molar-refractivity contribution in [1.29, 1.82) is 0 Å². The summed E-state index contributed by atoms with van der Waals surface area (Å²) >= 11 is 1.24. The van der Waals surface area contributed by atoms with Gasteiger partial charge < -0.3 is 19.2 Å². The summed E-state index contributed by atoms with van der Waals surface area (Å²) in [6, 6.07) is 8.65. The largest absolute Gasteiger partial charge is 0.486 e. The van der Waals surface area contributed by atoms with Gasteiger partial charge in [0, 0.05) is 12.3 Å². The van der Waals surface area contributed by atoms with E-state index in [1.165, 1.54) is 48.6 Å². The van der Waals surface area contributed by atoms with E-state index in [4.69, 9.17) is 13.9 Å². The Balaban J connectivity index is 1.49. The van der Waals surface area contributed by atoms with Crippen molar-refractivity contribution in [2.45, 2.75) is 20.1 Å². The van der Waals surface area contributed by atoms with Crippen molar-refractivity contribution in [3.63, 3.8) is 0 Å². The maximum atomic E-state index is 12.8. The lowest BCUT2D eigenvalue weighted by atomic mass is 10.3. The van der Waals surface area contributed by atoms with Crippen LogP contribution < -0.4 is 10.1 Å². The van der Waals surface area contributed by atoms with Crippen LogP contribution in [0.4, 0.5) is 9.52 Å². The Morgan fingerprint density at radius 1 is 1.19 bits per heavy atom. The highest BCUT2D eigenvalue weighted by Crippen LogP contribution is 2.18. The van der Waals surface area contributed by atoms with Crippen LogP contribution in [0.5, 0.6) is 5.75 Å². The summed E-state index contributed by atoms with van der Waals surface area (Å²) in [7, 11) is 0. The smallest absolute Gasteiger partial charge is 0.374 e. The lowest BCUT2D eigenvalue weighted by Crippen LogP contribution is -2.06. The van der Waals surface area contributed by atoms with Gasteiger partial charge in [-0.05, 0) is 36.4 Å². The molecule has 0 atom stereocenters. The highest BCUT2D eigenvalue weighted by molar-refractivity contribution is 7.13. The molecule has 0 spiro atoms. The summed E-state index contributed by atoms with van der Waals surface area (Å²) in [5, 5.41) is 4.67. The number of hydrogen-bond donors (Lipinski definition) is 1. The van der Waals surface area contributed by atoms with Crippen LogP contribution in [0.15, 0.2) is 46.2 Å². The predicted octanol–water partition coefficient (Wildman–Crippen LogP) is 3.77. The van der Waals surface area contributed by atoms with Gasteiger partial charge in [-0.3, -0.25) is 4.79 Å². The molecule has 2 aromatic heterocycles. The Hall–Kier alpha value is -3.20. The van der Waals surface area contributed by atoms with Crippen molar-refractivity contribution >= 4 is 28.3 Å². The molecule has 27 heavy (non-hydrogen) atoms. The first-order valence-corrected chi connectivity index (χ1v) is 8.74. The van der Waals surface area contributed by atoms with E-state index in [0.29, 0.717) is 22.3 Å². The number of furan rings is 1. The first kappa shape index (κ1) is 18.6. The van der Waals surface area contributed by atoms with Gasteiger partial charge >= 0.3 is 5.97 Å². The molecule has 1 amide bonds. The molecule has 0 saturated carbocycles. The fourth-order valence-corrected chi connectivity index (χ4v) is 2.78. The zero-order valence-corrected chi connectivity index (χ0v) is 15.0. The molecule has 3 aromatic rings. The highest BCUT2D eigenvalue weighted by atomic mass is 32.1. The minimum atomic E-state index is -0.642. The van der Waals surface area contributed by atoms with Crippen LogP contribution >= 0.6 is 11.3 Å². The average Bonchev–Trinajstić information content (AvgIpc) is 3.28. The normalized spacial score (nSPS) is 10.4. The Morgan fingerprint density at radius 3 is 2.70 bits per heavy atom. The number of carbonyl (C=O) groups is 2. The molecule has 0 bridgehead atoms. The number of nitrogens with one attached hydrogen (secondary N) is 1. The molecule has 140 valence electrons. The van der Waals surface area contributed by atoms with Crippen molar-refractivity contribution in [2.75, 3.05) is 5.32 Å². The number of halogens is 1. The van der Waals surface area contributed by atoms with Crippen LogP contribution in [0.25, 0.3) is 0 Å². The summed E-state index contributed by atoms with van der Waals surface area (Å²) in [5.41, 5.74) is 0.517. The molecule has 2 heterocycles. The van der Waals surface area contributed by atoms with Gasteiger partial charge in [-0.1, -0.05) is 0 Å². The minimum Gasteiger partial charge on any atom is -0.486 e. The summed E-state index contributed by atoms with van der Waals surface area (Å²) in [6.07, 6.45) is 0. The van der Waals surface area contributed by atoms with E-state index in [1.54, 1.807) is 11.4 Å². The maximum absolute atomic E-state index is 12.8. The first-order valence-electron chi connectivity index (χ1n) is 7.86. The third-order valence-corrected chi connectivity index (χ3v) is 4.05. The number of aromatic nitrogens is 1. The van der Waals surface area contributed by atoms with Crippen molar-refractivity contribution in [3.05, 3.63) is 64.8 Å². The summed E-state index contributed by atoms with van der Waals surface area (Å²) in [5.74, 6) is -0.279. The van der Waals surface area contributed by atoms with Crippen molar-refractivity contribution in [3.8, 4) is 5.75 Å². The Bertz CT molecular complexity index is 935. The lowest BCUT2D eigenvalue weighted by molar-refractivity contribution is -0.114. The number of esters is 1. The molecule has 0 unspecified atom stereocenters. The Morgan fingerprint density at radius 2 is 1.96 bits per heavy atom.